The van der Waals surface area contributed by atoms with Gasteiger partial charge in [-0.2, -0.15) is 0 Å². The van der Waals surface area contributed by atoms with E-state index in [0.717, 1.165) is 18.2 Å². The fourth-order valence-corrected chi connectivity index (χ4v) is 2.34. The van der Waals surface area contributed by atoms with Crippen molar-refractivity contribution in [3.8, 4) is 0 Å². The molecule has 0 amide bonds. The maximum atomic E-state index is 6.05. The average Bonchev–Trinajstić information content (AvgIpc) is 2.99. The summed E-state index contributed by atoms with van der Waals surface area (Å²) in [6, 6.07) is 6.32. The molecule has 0 spiro atoms. The van der Waals surface area contributed by atoms with Crippen LogP contribution in [0.25, 0.3) is 0 Å². The Morgan fingerprint density at radius 3 is 2.73 bits per heavy atom. The molecule has 0 atom stereocenters. The summed E-state index contributed by atoms with van der Waals surface area (Å²) in [7, 11) is 0. The van der Waals surface area contributed by atoms with Gasteiger partial charge in [-0.1, -0.05) is 0 Å². The molecule has 0 bridgehead atoms. The number of halogens is 1. The largest absolute Gasteiger partial charge is 0.397 e. The first-order chi connectivity index (χ1) is 7.20. The number of anilines is 2. The highest BCUT2D eigenvalue weighted by Crippen LogP contribution is 2.33. The fourth-order valence-electron chi connectivity index (χ4n) is 1.82. The van der Waals surface area contributed by atoms with E-state index in [-0.39, 0.29) is 0 Å². The Kier molecular flexibility index (Phi) is 3.38. The summed E-state index contributed by atoms with van der Waals surface area (Å²) in [5.41, 5.74) is 8.15. The van der Waals surface area contributed by atoms with Crippen molar-refractivity contribution in [3.05, 3.63) is 21.8 Å². The molecule has 0 unspecified atom stereocenters. The SMILES string of the molecule is CCN(CC1CC1)c1ccc(I)cc1N. The molecule has 2 nitrogen and oxygen atoms in total. The molecule has 2 N–H and O–H groups in total. The molecule has 0 aliphatic heterocycles. The minimum atomic E-state index is 0.906. The Bertz CT molecular complexity index is 347. The Morgan fingerprint density at radius 2 is 2.20 bits per heavy atom. The molecule has 0 aromatic heterocycles. The molecule has 15 heavy (non-hydrogen) atoms. The van der Waals surface area contributed by atoms with Crippen molar-refractivity contribution in [3.63, 3.8) is 0 Å². The van der Waals surface area contributed by atoms with E-state index in [2.05, 4.69) is 46.5 Å². The van der Waals surface area contributed by atoms with E-state index < -0.39 is 0 Å². The van der Waals surface area contributed by atoms with Gasteiger partial charge >= 0.3 is 0 Å². The van der Waals surface area contributed by atoms with Gasteiger partial charge in [0.2, 0.25) is 0 Å². The van der Waals surface area contributed by atoms with Crippen LogP contribution in [0, 0.1) is 9.49 Å². The zero-order valence-electron chi connectivity index (χ0n) is 9.04. The summed E-state index contributed by atoms with van der Waals surface area (Å²) in [5.74, 6) is 0.906. The van der Waals surface area contributed by atoms with Crippen molar-refractivity contribution in [1.29, 1.82) is 0 Å². The second-order valence-electron chi connectivity index (χ2n) is 4.19. The zero-order valence-corrected chi connectivity index (χ0v) is 11.2. The zero-order chi connectivity index (χ0) is 10.8. The second kappa shape index (κ2) is 4.60. The predicted molar refractivity (Wildman–Crippen MR) is 74.2 cm³/mol. The van der Waals surface area contributed by atoms with Crippen LogP contribution in [-0.2, 0) is 0 Å². The molecule has 1 aromatic rings. The first kappa shape index (κ1) is 11.0. The predicted octanol–water partition coefficient (Wildman–Crippen LogP) is 3.11. The van der Waals surface area contributed by atoms with E-state index in [1.165, 1.54) is 28.6 Å². The van der Waals surface area contributed by atoms with Gasteiger partial charge in [-0.15, -0.1) is 0 Å². The van der Waals surface area contributed by atoms with Crippen molar-refractivity contribution >= 4 is 34.0 Å². The van der Waals surface area contributed by atoms with Gasteiger partial charge < -0.3 is 10.6 Å². The summed E-state index contributed by atoms with van der Waals surface area (Å²) >= 11 is 2.30. The van der Waals surface area contributed by atoms with Crippen LogP contribution in [-0.4, -0.2) is 13.1 Å². The number of benzene rings is 1. The monoisotopic (exact) mass is 316 g/mol. The number of rotatable bonds is 4. The second-order valence-corrected chi connectivity index (χ2v) is 5.43. The van der Waals surface area contributed by atoms with Gasteiger partial charge in [0.1, 0.15) is 0 Å². The van der Waals surface area contributed by atoms with Crippen LogP contribution in [0.1, 0.15) is 19.8 Å². The fraction of sp³-hybridized carbons (Fsp3) is 0.500. The highest BCUT2D eigenvalue weighted by atomic mass is 127. The Morgan fingerprint density at radius 1 is 1.47 bits per heavy atom. The van der Waals surface area contributed by atoms with Crippen LogP contribution in [0.15, 0.2) is 18.2 Å². The van der Waals surface area contributed by atoms with Crippen LogP contribution in [0.3, 0.4) is 0 Å². The highest BCUT2D eigenvalue weighted by molar-refractivity contribution is 14.1. The average molecular weight is 316 g/mol. The number of hydrogen-bond donors (Lipinski definition) is 1. The van der Waals surface area contributed by atoms with Crippen molar-refractivity contribution in [2.75, 3.05) is 23.7 Å². The van der Waals surface area contributed by atoms with Crippen LogP contribution >= 0.6 is 22.6 Å². The molecule has 3 heteroatoms. The third-order valence-corrected chi connectivity index (χ3v) is 3.56. The highest BCUT2D eigenvalue weighted by Gasteiger charge is 2.24. The number of nitrogen functional groups attached to an aromatic ring is 1. The molecule has 1 aromatic carbocycles. The molecule has 0 radical (unpaired) electrons. The molecular formula is C12H17IN2. The molecular weight excluding hydrogens is 299 g/mol. The minimum absolute atomic E-state index is 0.906. The maximum absolute atomic E-state index is 6.05. The molecule has 1 aliphatic carbocycles. The molecule has 0 heterocycles. The number of nitrogens with two attached hydrogens (primary N) is 1. The lowest BCUT2D eigenvalue weighted by molar-refractivity contribution is 0.743. The molecule has 1 saturated carbocycles. The Hall–Kier alpha value is -0.450. The van der Waals surface area contributed by atoms with Crippen molar-refractivity contribution in [1.82, 2.24) is 0 Å². The summed E-state index contributed by atoms with van der Waals surface area (Å²) in [6.07, 6.45) is 2.78. The topological polar surface area (TPSA) is 29.3 Å². The molecule has 82 valence electrons. The van der Waals surface area contributed by atoms with E-state index in [9.17, 15) is 0 Å². The standard InChI is InChI=1S/C12H17IN2/c1-2-15(8-9-3-4-9)12-6-5-10(13)7-11(12)14/h5-7,9H,2-4,8,14H2,1H3. The third-order valence-electron chi connectivity index (χ3n) is 2.89. The quantitative estimate of drug-likeness (QED) is 0.683. The van der Waals surface area contributed by atoms with Crippen LogP contribution in [0.5, 0.6) is 0 Å². The van der Waals surface area contributed by atoms with Crippen LogP contribution < -0.4 is 10.6 Å². The van der Waals surface area contributed by atoms with E-state index in [1.807, 2.05) is 6.07 Å². The maximum Gasteiger partial charge on any atom is 0.0600 e. The van der Waals surface area contributed by atoms with Gasteiger partial charge in [0.15, 0.2) is 0 Å². The molecule has 2 rings (SSSR count). The first-order valence-corrected chi connectivity index (χ1v) is 6.58. The minimum Gasteiger partial charge on any atom is -0.397 e. The normalized spacial score (nSPS) is 15.3. The van der Waals surface area contributed by atoms with Gasteiger partial charge in [0.25, 0.3) is 0 Å². The van der Waals surface area contributed by atoms with Gasteiger partial charge in [-0.05, 0) is 66.5 Å². The summed E-state index contributed by atoms with van der Waals surface area (Å²) in [6.45, 7) is 4.41. The van der Waals surface area contributed by atoms with E-state index in [0.29, 0.717) is 0 Å². The van der Waals surface area contributed by atoms with E-state index >= 15 is 0 Å². The summed E-state index contributed by atoms with van der Waals surface area (Å²) in [5, 5.41) is 0. The van der Waals surface area contributed by atoms with Crippen LogP contribution in [0.2, 0.25) is 0 Å². The smallest absolute Gasteiger partial charge is 0.0600 e. The van der Waals surface area contributed by atoms with Gasteiger partial charge in [-0.3, -0.25) is 0 Å². The van der Waals surface area contributed by atoms with Crippen molar-refractivity contribution in [2.45, 2.75) is 19.8 Å². The Labute approximate surface area is 105 Å². The van der Waals surface area contributed by atoms with Crippen molar-refractivity contribution < 1.29 is 0 Å². The lowest BCUT2D eigenvalue weighted by atomic mass is 10.2. The molecule has 1 aliphatic rings. The Balaban J connectivity index is 2.16. The summed E-state index contributed by atoms with van der Waals surface area (Å²) < 4.78 is 1.20. The van der Waals surface area contributed by atoms with E-state index in [1.54, 1.807) is 0 Å². The lowest BCUT2D eigenvalue weighted by Crippen LogP contribution is -2.26. The van der Waals surface area contributed by atoms with Crippen molar-refractivity contribution in [2.24, 2.45) is 5.92 Å². The first-order valence-electron chi connectivity index (χ1n) is 5.50. The number of hydrogen-bond acceptors (Lipinski definition) is 2. The van der Waals surface area contributed by atoms with Gasteiger partial charge in [-0.25, -0.2) is 0 Å². The van der Waals surface area contributed by atoms with Crippen LogP contribution in [0.4, 0.5) is 11.4 Å². The number of nitrogens with zero attached hydrogens (tertiary/aromatic N) is 1. The van der Waals surface area contributed by atoms with Gasteiger partial charge in [0.05, 0.1) is 11.4 Å². The summed E-state index contributed by atoms with van der Waals surface area (Å²) in [4.78, 5) is 2.39. The van der Waals surface area contributed by atoms with E-state index in [4.69, 9.17) is 5.73 Å². The molecule has 1 fully saturated rings. The molecule has 0 saturated heterocycles. The third kappa shape index (κ3) is 2.77. The lowest BCUT2D eigenvalue weighted by Gasteiger charge is -2.24. The van der Waals surface area contributed by atoms with Gasteiger partial charge in [0, 0.05) is 16.7 Å².